The highest BCUT2D eigenvalue weighted by molar-refractivity contribution is 5.81. The molecule has 0 aromatic heterocycles. The molecule has 0 saturated heterocycles. The molecule has 6 heteroatoms. The highest BCUT2D eigenvalue weighted by atomic mass is 16.3. The Bertz CT molecular complexity index is 904. The number of hydrogen-bond acceptors (Lipinski definition) is 4. The van der Waals surface area contributed by atoms with Crippen molar-refractivity contribution in [2.45, 2.75) is 45.4 Å². The zero-order valence-electron chi connectivity index (χ0n) is 17.4. The minimum absolute atomic E-state index is 0.0769. The summed E-state index contributed by atoms with van der Waals surface area (Å²) in [6.07, 6.45) is 5.21. The van der Waals surface area contributed by atoms with Crippen LogP contribution in [0.25, 0.3) is 11.1 Å². The van der Waals surface area contributed by atoms with E-state index in [1.165, 1.54) is 6.92 Å². The van der Waals surface area contributed by atoms with Crippen LogP contribution in [0.3, 0.4) is 0 Å². The smallest absolute Gasteiger partial charge is 0.223 e. The fraction of sp³-hybridized carbons (Fsp3) is 0.417. The molecular weight excluding hydrogens is 380 g/mol. The fourth-order valence-corrected chi connectivity index (χ4v) is 4.19. The summed E-state index contributed by atoms with van der Waals surface area (Å²) in [5.74, 6) is 0.267. The zero-order chi connectivity index (χ0) is 21.5. The Morgan fingerprint density at radius 2 is 1.37 bits per heavy atom. The molecule has 0 aliphatic heterocycles. The number of carbonyl (C=O) groups excluding carboxylic acids is 2. The molecule has 3 rings (SSSR count). The SMILES string of the molecule is CC(=O)NCCc1cccc(O)c1-c1c(O)cccc1CCNC(=O)C1CCCC1. The van der Waals surface area contributed by atoms with E-state index in [0.717, 1.165) is 36.8 Å². The molecule has 0 radical (unpaired) electrons. The van der Waals surface area contributed by atoms with Gasteiger partial charge in [0.2, 0.25) is 11.8 Å². The largest absolute Gasteiger partial charge is 0.507 e. The van der Waals surface area contributed by atoms with Gasteiger partial charge in [0.1, 0.15) is 11.5 Å². The predicted molar refractivity (Wildman–Crippen MR) is 116 cm³/mol. The molecular formula is C24H30N2O4. The first-order valence-electron chi connectivity index (χ1n) is 10.6. The van der Waals surface area contributed by atoms with Crippen LogP contribution in [0.5, 0.6) is 11.5 Å². The summed E-state index contributed by atoms with van der Waals surface area (Å²) < 4.78 is 0. The Morgan fingerprint density at radius 3 is 1.87 bits per heavy atom. The van der Waals surface area contributed by atoms with E-state index in [1.807, 2.05) is 12.1 Å². The first kappa shape index (κ1) is 21.7. The van der Waals surface area contributed by atoms with Gasteiger partial charge in [-0.05, 0) is 48.9 Å². The van der Waals surface area contributed by atoms with Gasteiger partial charge in [-0.15, -0.1) is 0 Å². The van der Waals surface area contributed by atoms with Crippen LogP contribution in [0.1, 0.15) is 43.7 Å². The van der Waals surface area contributed by atoms with Crippen LogP contribution in [0.15, 0.2) is 36.4 Å². The highest BCUT2D eigenvalue weighted by Crippen LogP contribution is 2.40. The lowest BCUT2D eigenvalue weighted by atomic mass is 9.91. The molecule has 1 saturated carbocycles. The van der Waals surface area contributed by atoms with Crippen LogP contribution < -0.4 is 10.6 Å². The van der Waals surface area contributed by atoms with E-state index >= 15 is 0 Å². The van der Waals surface area contributed by atoms with Crippen molar-refractivity contribution >= 4 is 11.8 Å². The molecule has 1 aliphatic carbocycles. The van der Waals surface area contributed by atoms with Crippen molar-refractivity contribution in [3.05, 3.63) is 47.5 Å². The molecule has 160 valence electrons. The number of carbonyl (C=O) groups is 2. The second kappa shape index (κ2) is 10.1. The van der Waals surface area contributed by atoms with Gasteiger partial charge in [0.05, 0.1) is 0 Å². The Labute approximate surface area is 177 Å². The maximum atomic E-state index is 12.3. The summed E-state index contributed by atoms with van der Waals surface area (Å²) in [4.78, 5) is 23.5. The van der Waals surface area contributed by atoms with E-state index in [0.29, 0.717) is 37.1 Å². The number of aromatic hydroxyl groups is 2. The average molecular weight is 411 g/mol. The van der Waals surface area contributed by atoms with E-state index in [9.17, 15) is 19.8 Å². The van der Waals surface area contributed by atoms with Crippen LogP contribution >= 0.6 is 0 Å². The minimum Gasteiger partial charge on any atom is -0.507 e. The quantitative estimate of drug-likeness (QED) is 0.537. The summed E-state index contributed by atoms with van der Waals surface area (Å²) in [6.45, 7) is 2.37. The Kier molecular flexibility index (Phi) is 7.33. The minimum atomic E-state index is -0.113. The summed E-state index contributed by atoms with van der Waals surface area (Å²) in [5.41, 5.74) is 2.83. The lowest BCUT2D eigenvalue weighted by Crippen LogP contribution is -2.31. The molecule has 30 heavy (non-hydrogen) atoms. The van der Waals surface area contributed by atoms with E-state index in [4.69, 9.17) is 0 Å². The molecule has 6 nitrogen and oxygen atoms in total. The van der Waals surface area contributed by atoms with E-state index < -0.39 is 0 Å². The predicted octanol–water partition coefficient (Wildman–Crippen LogP) is 3.29. The van der Waals surface area contributed by atoms with E-state index in [-0.39, 0.29) is 29.2 Å². The number of benzene rings is 2. The van der Waals surface area contributed by atoms with Crippen molar-refractivity contribution in [2.24, 2.45) is 5.92 Å². The van der Waals surface area contributed by atoms with Gasteiger partial charge in [-0.25, -0.2) is 0 Å². The van der Waals surface area contributed by atoms with Gasteiger partial charge in [0.25, 0.3) is 0 Å². The molecule has 2 aromatic carbocycles. The molecule has 0 unspecified atom stereocenters. The zero-order valence-corrected chi connectivity index (χ0v) is 17.4. The maximum absolute atomic E-state index is 12.3. The number of rotatable bonds is 8. The molecule has 2 aromatic rings. The summed E-state index contributed by atoms with van der Waals surface area (Å²) >= 11 is 0. The van der Waals surface area contributed by atoms with Crippen molar-refractivity contribution in [2.75, 3.05) is 13.1 Å². The van der Waals surface area contributed by atoms with E-state index in [2.05, 4.69) is 10.6 Å². The number of phenols is 2. The molecule has 1 fully saturated rings. The van der Waals surface area contributed by atoms with Crippen molar-refractivity contribution in [3.63, 3.8) is 0 Å². The van der Waals surface area contributed by atoms with Crippen LogP contribution in [0.2, 0.25) is 0 Å². The summed E-state index contributed by atoms with van der Waals surface area (Å²) in [7, 11) is 0. The van der Waals surface area contributed by atoms with Gasteiger partial charge >= 0.3 is 0 Å². The standard InChI is InChI=1S/C24H30N2O4/c1-16(27)25-14-12-17-8-4-10-20(28)22(17)23-18(9-5-11-21(23)29)13-15-26-24(30)19-6-2-3-7-19/h4-5,8-11,19,28-29H,2-3,6-7,12-15H2,1H3,(H,25,27)(H,26,30). The molecule has 4 N–H and O–H groups in total. The van der Waals surface area contributed by atoms with Crippen molar-refractivity contribution in [1.82, 2.24) is 10.6 Å². The van der Waals surface area contributed by atoms with Crippen LogP contribution in [-0.2, 0) is 22.4 Å². The van der Waals surface area contributed by atoms with Gasteiger partial charge in [-0.2, -0.15) is 0 Å². The second-order valence-corrected chi connectivity index (χ2v) is 7.88. The van der Waals surface area contributed by atoms with Crippen molar-refractivity contribution < 1.29 is 19.8 Å². The summed E-state index contributed by atoms with van der Waals surface area (Å²) in [6, 6.07) is 10.5. The third-order valence-corrected chi connectivity index (χ3v) is 5.70. The van der Waals surface area contributed by atoms with Gasteiger partial charge in [-0.3, -0.25) is 9.59 Å². The third kappa shape index (κ3) is 5.32. The van der Waals surface area contributed by atoms with Gasteiger partial charge < -0.3 is 20.8 Å². The lowest BCUT2D eigenvalue weighted by molar-refractivity contribution is -0.124. The van der Waals surface area contributed by atoms with Crippen molar-refractivity contribution in [3.8, 4) is 22.6 Å². The van der Waals surface area contributed by atoms with Gasteiger partial charge in [-0.1, -0.05) is 37.1 Å². The fourth-order valence-electron chi connectivity index (χ4n) is 4.19. The Hall–Kier alpha value is -3.02. The van der Waals surface area contributed by atoms with Crippen LogP contribution in [-0.4, -0.2) is 35.1 Å². The maximum Gasteiger partial charge on any atom is 0.223 e. The Balaban J connectivity index is 1.80. The number of phenolic OH excluding ortho intramolecular Hbond substituents is 2. The molecule has 0 atom stereocenters. The van der Waals surface area contributed by atoms with Crippen molar-refractivity contribution in [1.29, 1.82) is 0 Å². The first-order chi connectivity index (χ1) is 14.5. The molecule has 2 amide bonds. The third-order valence-electron chi connectivity index (χ3n) is 5.70. The van der Waals surface area contributed by atoms with Crippen LogP contribution in [0.4, 0.5) is 0 Å². The highest BCUT2D eigenvalue weighted by Gasteiger charge is 2.22. The van der Waals surface area contributed by atoms with Gasteiger partial charge in [0.15, 0.2) is 0 Å². The van der Waals surface area contributed by atoms with Crippen LogP contribution in [0, 0.1) is 5.92 Å². The Morgan fingerprint density at radius 1 is 0.867 bits per heavy atom. The van der Waals surface area contributed by atoms with E-state index in [1.54, 1.807) is 24.3 Å². The molecule has 1 aliphatic rings. The molecule has 0 spiro atoms. The lowest BCUT2D eigenvalue weighted by Gasteiger charge is -2.18. The number of nitrogens with one attached hydrogen (secondary N) is 2. The normalized spacial score (nSPS) is 13.9. The van der Waals surface area contributed by atoms with Gasteiger partial charge in [0, 0.05) is 37.1 Å². The average Bonchev–Trinajstić information content (AvgIpc) is 3.24. The summed E-state index contributed by atoms with van der Waals surface area (Å²) in [5, 5.41) is 27.0. The molecule has 0 bridgehead atoms. The number of amides is 2. The topological polar surface area (TPSA) is 98.7 Å². The molecule has 0 heterocycles. The first-order valence-corrected chi connectivity index (χ1v) is 10.6. The second-order valence-electron chi connectivity index (χ2n) is 7.88. The monoisotopic (exact) mass is 410 g/mol. The number of hydrogen-bond donors (Lipinski definition) is 4.